The number of thioether (sulfide) groups is 1. The number of amidine groups is 1. The first kappa shape index (κ1) is 24.0. The number of hydrazine groups is 1. The highest BCUT2D eigenvalue weighted by Gasteiger charge is 2.44. The number of unbranched alkanes of at least 4 members (excludes halogenated alkanes) is 1. The van der Waals surface area contributed by atoms with E-state index in [4.69, 9.17) is 4.74 Å². The number of nitrogens with one attached hydrogen (secondary N) is 3. The molecular formula is C26H29N7O2S. The van der Waals surface area contributed by atoms with Crippen LogP contribution in [0.3, 0.4) is 0 Å². The molecule has 0 bridgehead atoms. The number of carbonyl (C=O) groups excluding carboxylic acids is 1. The second kappa shape index (κ2) is 10.9. The van der Waals surface area contributed by atoms with E-state index in [-0.39, 0.29) is 29.9 Å². The Morgan fingerprint density at radius 3 is 2.89 bits per heavy atom. The first-order valence-electron chi connectivity index (χ1n) is 12.1. The van der Waals surface area contributed by atoms with Crippen molar-refractivity contribution < 1.29 is 9.53 Å². The predicted molar refractivity (Wildman–Crippen MR) is 141 cm³/mol. The topological polar surface area (TPSA) is 105 Å². The van der Waals surface area contributed by atoms with Crippen LogP contribution in [0.2, 0.25) is 0 Å². The average Bonchev–Trinajstić information content (AvgIpc) is 3.52. The fourth-order valence-corrected chi connectivity index (χ4v) is 5.28. The van der Waals surface area contributed by atoms with Crippen LogP contribution in [0.5, 0.6) is 5.75 Å². The molecule has 1 amide bonds. The number of benzene rings is 2. The average molecular weight is 504 g/mol. The molecule has 0 spiro atoms. The maximum atomic E-state index is 12.5. The Balaban J connectivity index is 1.15. The molecule has 9 nitrogen and oxygen atoms in total. The third kappa shape index (κ3) is 5.12. The van der Waals surface area contributed by atoms with Gasteiger partial charge in [-0.3, -0.25) is 10.2 Å². The molecule has 3 aliphatic heterocycles. The highest BCUT2D eigenvalue weighted by molar-refractivity contribution is 8.14. The number of amides is 1. The fraction of sp³-hybridized carbons (Fsp3) is 0.346. The number of para-hydroxylation sites is 1. The van der Waals surface area contributed by atoms with E-state index in [9.17, 15) is 10.1 Å². The van der Waals surface area contributed by atoms with Gasteiger partial charge in [0.15, 0.2) is 5.17 Å². The Kier molecular flexibility index (Phi) is 7.30. The van der Waals surface area contributed by atoms with E-state index < -0.39 is 0 Å². The Morgan fingerprint density at radius 2 is 2.08 bits per heavy atom. The molecule has 3 unspecified atom stereocenters. The summed E-state index contributed by atoms with van der Waals surface area (Å²) in [6, 6.07) is 17.8. The summed E-state index contributed by atoms with van der Waals surface area (Å²) in [5.41, 5.74) is 9.01. The van der Waals surface area contributed by atoms with Crippen molar-refractivity contribution >= 4 is 28.5 Å². The van der Waals surface area contributed by atoms with Crippen LogP contribution in [-0.2, 0) is 4.79 Å². The summed E-state index contributed by atoms with van der Waals surface area (Å²) in [5.74, 6) is 0.919. The van der Waals surface area contributed by atoms with Gasteiger partial charge in [0.2, 0.25) is 5.91 Å². The molecule has 186 valence electrons. The first-order chi connectivity index (χ1) is 17.7. The maximum Gasteiger partial charge on any atom is 0.234 e. The van der Waals surface area contributed by atoms with Crippen LogP contribution < -0.4 is 20.9 Å². The van der Waals surface area contributed by atoms with Crippen molar-refractivity contribution in [3.63, 3.8) is 0 Å². The van der Waals surface area contributed by atoms with Gasteiger partial charge in [-0.2, -0.15) is 10.4 Å². The van der Waals surface area contributed by atoms with E-state index in [0.717, 1.165) is 36.8 Å². The summed E-state index contributed by atoms with van der Waals surface area (Å²) in [6.45, 7) is 2.90. The molecule has 3 heterocycles. The summed E-state index contributed by atoms with van der Waals surface area (Å²) in [6.07, 6.45) is 7.07. The van der Waals surface area contributed by atoms with E-state index >= 15 is 0 Å². The van der Waals surface area contributed by atoms with Gasteiger partial charge in [-0.05, 0) is 42.7 Å². The Hall–Kier alpha value is -3.68. The second-order valence-electron chi connectivity index (χ2n) is 8.83. The van der Waals surface area contributed by atoms with Crippen LogP contribution in [0.15, 0.2) is 66.0 Å². The summed E-state index contributed by atoms with van der Waals surface area (Å²) >= 11 is 1.37. The van der Waals surface area contributed by atoms with E-state index in [2.05, 4.69) is 56.3 Å². The molecule has 3 N–H and O–H groups in total. The number of fused-ring (bicyclic) bond motifs is 3. The van der Waals surface area contributed by atoms with Crippen molar-refractivity contribution in [1.29, 1.82) is 5.26 Å². The van der Waals surface area contributed by atoms with Crippen LogP contribution in [0.1, 0.15) is 43.4 Å². The van der Waals surface area contributed by atoms with Gasteiger partial charge in [0.1, 0.15) is 18.0 Å². The number of ether oxygens (including phenoxy) is 1. The lowest BCUT2D eigenvalue weighted by molar-refractivity contribution is -0.113. The molecule has 10 heteroatoms. The summed E-state index contributed by atoms with van der Waals surface area (Å²) < 4.78 is 5.79. The zero-order valence-electron chi connectivity index (χ0n) is 20.1. The first-order valence-corrected chi connectivity index (χ1v) is 13.1. The smallest absolute Gasteiger partial charge is 0.234 e. The third-order valence-corrected chi connectivity index (χ3v) is 7.37. The van der Waals surface area contributed by atoms with Crippen molar-refractivity contribution in [3.05, 3.63) is 72.1 Å². The monoisotopic (exact) mass is 503 g/mol. The summed E-state index contributed by atoms with van der Waals surface area (Å²) in [4.78, 5) is 14.6. The van der Waals surface area contributed by atoms with Crippen molar-refractivity contribution in [2.75, 3.05) is 17.7 Å². The number of nitriles is 1. The summed E-state index contributed by atoms with van der Waals surface area (Å²) in [5, 5.41) is 19.4. The van der Waals surface area contributed by atoms with Gasteiger partial charge >= 0.3 is 0 Å². The minimum Gasteiger partial charge on any atom is -0.494 e. The van der Waals surface area contributed by atoms with E-state index in [1.807, 2.05) is 24.5 Å². The standard InChI is InChI=1S/C26H29N7O2S/c1-2-3-14-35-20-10-8-18(9-11-20)22-15-23-25-29-30-26(32(25)12-13-33(23)31-22)36-17-24(34)28-21-7-5-4-6-19(21)16-27/h4-13,22-23,25,29,31H,2-3,14-15,17H2,1H3,(H,28,34). The second-order valence-corrected chi connectivity index (χ2v) is 9.77. The van der Waals surface area contributed by atoms with Crippen molar-refractivity contribution in [1.82, 2.24) is 20.8 Å². The molecule has 1 saturated heterocycles. The van der Waals surface area contributed by atoms with E-state index in [1.165, 1.54) is 17.3 Å². The van der Waals surface area contributed by atoms with Crippen molar-refractivity contribution in [2.24, 2.45) is 5.10 Å². The largest absolute Gasteiger partial charge is 0.494 e. The molecule has 0 aromatic heterocycles. The minimum absolute atomic E-state index is 0.0194. The molecular weight excluding hydrogens is 474 g/mol. The molecule has 1 fully saturated rings. The SMILES string of the molecule is CCCCOc1ccc(C2CC3C4NN=C(SCC(=O)Nc5ccccc5C#N)N4C=CN3N2)cc1. The van der Waals surface area contributed by atoms with E-state index in [0.29, 0.717) is 11.3 Å². The van der Waals surface area contributed by atoms with Gasteiger partial charge in [0.05, 0.1) is 35.7 Å². The van der Waals surface area contributed by atoms with Gasteiger partial charge in [-0.1, -0.05) is 49.4 Å². The molecule has 2 aromatic rings. The highest BCUT2D eigenvalue weighted by Crippen LogP contribution is 2.35. The molecule has 36 heavy (non-hydrogen) atoms. The van der Waals surface area contributed by atoms with E-state index in [1.54, 1.807) is 24.3 Å². The van der Waals surface area contributed by atoms with Gasteiger partial charge in [0, 0.05) is 12.4 Å². The van der Waals surface area contributed by atoms with Crippen molar-refractivity contribution in [2.45, 2.75) is 44.4 Å². The molecule has 5 rings (SSSR count). The number of anilines is 1. The molecule has 0 saturated carbocycles. The predicted octanol–water partition coefficient (Wildman–Crippen LogP) is 3.72. The summed E-state index contributed by atoms with van der Waals surface area (Å²) in [7, 11) is 0. The van der Waals surface area contributed by atoms with Crippen LogP contribution in [-0.4, -0.2) is 45.6 Å². The number of carbonyl (C=O) groups is 1. The number of rotatable bonds is 8. The molecule has 3 atom stereocenters. The molecule has 0 radical (unpaired) electrons. The van der Waals surface area contributed by atoms with Crippen molar-refractivity contribution in [3.8, 4) is 11.8 Å². The van der Waals surface area contributed by atoms with Gasteiger partial charge in [0.25, 0.3) is 0 Å². The van der Waals surface area contributed by atoms with Gasteiger partial charge in [-0.25, -0.2) is 5.43 Å². The fourth-order valence-electron chi connectivity index (χ4n) is 4.50. The van der Waals surface area contributed by atoms with Crippen LogP contribution >= 0.6 is 11.8 Å². The lowest BCUT2D eigenvalue weighted by Crippen LogP contribution is -2.54. The van der Waals surface area contributed by atoms with Crippen LogP contribution in [0, 0.1) is 11.3 Å². The number of nitrogens with zero attached hydrogens (tertiary/aromatic N) is 4. The lowest BCUT2D eigenvalue weighted by Gasteiger charge is -2.36. The molecule has 3 aliphatic rings. The number of hydrazone groups is 1. The normalized spacial score (nSPS) is 21.8. The molecule has 0 aliphatic carbocycles. The Morgan fingerprint density at radius 1 is 1.25 bits per heavy atom. The van der Waals surface area contributed by atoms with Crippen LogP contribution in [0.4, 0.5) is 5.69 Å². The number of hydrogen-bond acceptors (Lipinski definition) is 9. The lowest BCUT2D eigenvalue weighted by atomic mass is 10.00. The zero-order valence-corrected chi connectivity index (χ0v) is 20.9. The number of hydrogen-bond donors (Lipinski definition) is 3. The Bertz CT molecular complexity index is 1190. The highest BCUT2D eigenvalue weighted by atomic mass is 32.2. The zero-order chi connectivity index (χ0) is 24.9. The quantitative estimate of drug-likeness (QED) is 0.468. The van der Waals surface area contributed by atoms with Gasteiger partial charge in [-0.15, -0.1) is 0 Å². The molecule has 2 aromatic carbocycles. The minimum atomic E-state index is -0.179. The Labute approximate surface area is 215 Å². The van der Waals surface area contributed by atoms with Gasteiger partial charge < -0.3 is 20.0 Å². The maximum absolute atomic E-state index is 12.5. The third-order valence-electron chi connectivity index (χ3n) is 6.41. The van der Waals surface area contributed by atoms with Crippen LogP contribution in [0.25, 0.3) is 0 Å².